The zero-order valence-corrected chi connectivity index (χ0v) is 12.9. The first-order chi connectivity index (χ1) is 9.63. The first-order valence-corrected chi connectivity index (χ1v) is 6.87. The van der Waals surface area contributed by atoms with E-state index in [-0.39, 0.29) is 0 Å². The summed E-state index contributed by atoms with van der Waals surface area (Å²) in [7, 11) is 1.56. The molecule has 1 N–H and O–H groups in total. The van der Waals surface area contributed by atoms with Crippen LogP contribution in [0.3, 0.4) is 0 Å². The Balaban J connectivity index is 2.13. The molecule has 5 heteroatoms. The van der Waals surface area contributed by atoms with Crippen LogP contribution < -0.4 is 10.1 Å². The standard InChI is InChI=1S/C15H14BrN3O/c1-10-13(4-6-15(16)19-10)18-9-11-3-5-14(20-2)12(7-11)8-17/h3-7,18H,9H2,1-2H3. The van der Waals surface area contributed by atoms with Crippen molar-refractivity contribution in [3.63, 3.8) is 0 Å². The summed E-state index contributed by atoms with van der Waals surface area (Å²) in [5.41, 5.74) is 3.46. The average Bonchev–Trinajstić information content (AvgIpc) is 2.46. The summed E-state index contributed by atoms with van der Waals surface area (Å²) in [5, 5.41) is 12.4. The van der Waals surface area contributed by atoms with Gasteiger partial charge in [0.1, 0.15) is 16.4 Å². The molecular formula is C15H14BrN3O. The number of methoxy groups -OCH3 is 1. The Bertz CT molecular complexity index is 665. The number of ether oxygens (including phenoxy) is 1. The summed E-state index contributed by atoms with van der Waals surface area (Å²) in [4.78, 5) is 4.33. The van der Waals surface area contributed by atoms with E-state index in [0.29, 0.717) is 17.9 Å². The number of aromatic nitrogens is 1. The molecule has 0 aliphatic heterocycles. The summed E-state index contributed by atoms with van der Waals surface area (Å²) in [6, 6.07) is 11.6. The number of nitrogens with one attached hydrogen (secondary N) is 1. The summed E-state index contributed by atoms with van der Waals surface area (Å²) >= 11 is 3.34. The second-order valence-electron chi connectivity index (χ2n) is 4.27. The van der Waals surface area contributed by atoms with Gasteiger partial charge >= 0.3 is 0 Å². The van der Waals surface area contributed by atoms with Crippen LogP contribution in [0.25, 0.3) is 0 Å². The van der Waals surface area contributed by atoms with E-state index < -0.39 is 0 Å². The smallest absolute Gasteiger partial charge is 0.136 e. The highest BCUT2D eigenvalue weighted by Gasteiger charge is 2.05. The average molecular weight is 332 g/mol. The molecule has 1 aromatic heterocycles. The fourth-order valence-corrected chi connectivity index (χ4v) is 2.27. The van der Waals surface area contributed by atoms with E-state index in [1.807, 2.05) is 37.3 Å². The van der Waals surface area contributed by atoms with Gasteiger partial charge < -0.3 is 10.1 Å². The largest absolute Gasteiger partial charge is 0.495 e. The molecule has 1 aromatic carbocycles. The van der Waals surface area contributed by atoms with Crippen molar-refractivity contribution >= 4 is 21.6 Å². The third-order valence-corrected chi connectivity index (χ3v) is 3.36. The van der Waals surface area contributed by atoms with Crippen LogP contribution in [0.5, 0.6) is 5.75 Å². The zero-order chi connectivity index (χ0) is 14.5. The minimum absolute atomic E-state index is 0.539. The lowest BCUT2D eigenvalue weighted by molar-refractivity contribution is 0.413. The molecule has 1 heterocycles. The monoisotopic (exact) mass is 331 g/mol. The van der Waals surface area contributed by atoms with Gasteiger partial charge in [-0.15, -0.1) is 0 Å². The van der Waals surface area contributed by atoms with Crippen LogP contribution in [-0.2, 0) is 6.54 Å². The van der Waals surface area contributed by atoms with E-state index in [4.69, 9.17) is 10.00 Å². The van der Waals surface area contributed by atoms with Crippen LogP contribution >= 0.6 is 15.9 Å². The maximum Gasteiger partial charge on any atom is 0.136 e. The quantitative estimate of drug-likeness (QED) is 0.869. The van der Waals surface area contributed by atoms with Gasteiger partial charge in [0.2, 0.25) is 0 Å². The second kappa shape index (κ2) is 6.40. The number of anilines is 1. The van der Waals surface area contributed by atoms with Crippen LogP contribution in [0.15, 0.2) is 34.9 Å². The summed E-state index contributed by atoms with van der Waals surface area (Å²) in [6.45, 7) is 2.57. The molecule has 0 spiro atoms. The third kappa shape index (κ3) is 3.28. The molecule has 0 radical (unpaired) electrons. The van der Waals surface area contributed by atoms with Gasteiger partial charge in [0, 0.05) is 6.54 Å². The molecule has 2 rings (SSSR count). The predicted octanol–water partition coefficient (Wildman–Crippen LogP) is 3.64. The van der Waals surface area contributed by atoms with E-state index in [9.17, 15) is 0 Å². The van der Waals surface area contributed by atoms with Crippen molar-refractivity contribution in [1.29, 1.82) is 5.26 Å². The van der Waals surface area contributed by atoms with E-state index in [2.05, 4.69) is 32.3 Å². The Labute approximate surface area is 126 Å². The molecule has 0 bridgehead atoms. The third-order valence-electron chi connectivity index (χ3n) is 2.92. The van der Waals surface area contributed by atoms with E-state index >= 15 is 0 Å². The van der Waals surface area contributed by atoms with Crippen LogP contribution in [0.2, 0.25) is 0 Å². The number of halogens is 1. The summed E-state index contributed by atoms with van der Waals surface area (Å²) < 4.78 is 5.94. The van der Waals surface area contributed by atoms with Crippen LogP contribution in [0.4, 0.5) is 5.69 Å². The Morgan fingerprint density at radius 1 is 1.35 bits per heavy atom. The molecule has 0 aliphatic carbocycles. The zero-order valence-electron chi connectivity index (χ0n) is 11.3. The highest BCUT2D eigenvalue weighted by molar-refractivity contribution is 9.10. The van der Waals surface area contributed by atoms with Crippen molar-refractivity contribution < 1.29 is 4.74 Å². The molecule has 0 aliphatic rings. The fraction of sp³-hybridized carbons (Fsp3) is 0.200. The summed E-state index contributed by atoms with van der Waals surface area (Å²) in [5.74, 6) is 0.595. The number of benzene rings is 1. The minimum Gasteiger partial charge on any atom is -0.495 e. The molecule has 102 valence electrons. The Morgan fingerprint density at radius 3 is 2.80 bits per heavy atom. The van der Waals surface area contributed by atoms with Gasteiger partial charge in [0.25, 0.3) is 0 Å². The molecule has 0 amide bonds. The molecule has 4 nitrogen and oxygen atoms in total. The van der Waals surface area contributed by atoms with Gasteiger partial charge in [-0.05, 0) is 52.7 Å². The highest BCUT2D eigenvalue weighted by Crippen LogP contribution is 2.21. The Hall–Kier alpha value is -2.06. The number of rotatable bonds is 4. The number of nitrogens with zero attached hydrogens (tertiary/aromatic N) is 2. The first-order valence-electron chi connectivity index (χ1n) is 6.08. The van der Waals surface area contributed by atoms with Crippen molar-refractivity contribution in [3.8, 4) is 11.8 Å². The Kier molecular flexibility index (Phi) is 4.59. The van der Waals surface area contributed by atoms with Crippen molar-refractivity contribution in [2.75, 3.05) is 12.4 Å². The van der Waals surface area contributed by atoms with Crippen molar-refractivity contribution in [2.45, 2.75) is 13.5 Å². The van der Waals surface area contributed by atoms with Gasteiger partial charge in [-0.1, -0.05) is 6.07 Å². The maximum atomic E-state index is 9.07. The van der Waals surface area contributed by atoms with Gasteiger partial charge in [-0.25, -0.2) is 4.98 Å². The van der Waals surface area contributed by atoms with Crippen LogP contribution in [0.1, 0.15) is 16.8 Å². The predicted molar refractivity (Wildman–Crippen MR) is 81.7 cm³/mol. The molecular weight excluding hydrogens is 318 g/mol. The van der Waals surface area contributed by atoms with Crippen molar-refractivity contribution in [3.05, 3.63) is 51.8 Å². The summed E-state index contributed by atoms with van der Waals surface area (Å²) in [6.07, 6.45) is 0. The number of hydrogen-bond acceptors (Lipinski definition) is 4. The minimum atomic E-state index is 0.539. The van der Waals surface area contributed by atoms with E-state index in [1.54, 1.807) is 7.11 Å². The highest BCUT2D eigenvalue weighted by atomic mass is 79.9. The number of pyridine rings is 1. The molecule has 0 saturated heterocycles. The van der Waals surface area contributed by atoms with Gasteiger partial charge in [0.05, 0.1) is 24.1 Å². The van der Waals surface area contributed by atoms with Gasteiger partial charge in [-0.2, -0.15) is 5.26 Å². The maximum absolute atomic E-state index is 9.07. The molecule has 20 heavy (non-hydrogen) atoms. The topological polar surface area (TPSA) is 57.9 Å². The number of hydrogen-bond donors (Lipinski definition) is 1. The lowest BCUT2D eigenvalue weighted by atomic mass is 10.1. The van der Waals surface area contributed by atoms with Crippen molar-refractivity contribution in [1.82, 2.24) is 4.98 Å². The Morgan fingerprint density at radius 2 is 2.15 bits per heavy atom. The second-order valence-corrected chi connectivity index (χ2v) is 5.08. The first kappa shape index (κ1) is 14.4. The molecule has 2 aromatic rings. The van der Waals surface area contributed by atoms with E-state index in [1.165, 1.54) is 0 Å². The van der Waals surface area contributed by atoms with Gasteiger partial charge in [0.15, 0.2) is 0 Å². The lowest BCUT2D eigenvalue weighted by Gasteiger charge is -2.10. The fourth-order valence-electron chi connectivity index (χ4n) is 1.87. The normalized spacial score (nSPS) is 9.90. The van der Waals surface area contributed by atoms with E-state index in [0.717, 1.165) is 21.5 Å². The van der Waals surface area contributed by atoms with Crippen molar-refractivity contribution in [2.24, 2.45) is 0 Å². The molecule has 0 fully saturated rings. The van der Waals surface area contributed by atoms with Crippen LogP contribution in [-0.4, -0.2) is 12.1 Å². The number of nitriles is 1. The number of aryl methyl sites for hydroxylation is 1. The van der Waals surface area contributed by atoms with Gasteiger partial charge in [-0.3, -0.25) is 0 Å². The van der Waals surface area contributed by atoms with Crippen LogP contribution in [0, 0.1) is 18.3 Å². The molecule has 0 atom stereocenters. The lowest BCUT2D eigenvalue weighted by Crippen LogP contribution is -2.03. The SMILES string of the molecule is COc1ccc(CNc2ccc(Br)nc2C)cc1C#N. The molecule has 0 saturated carbocycles. The molecule has 0 unspecified atom stereocenters.